The van der Waals surface area contributed by atoms with Crippen LogP contribution in [-0.2, 0) is 24.4 Å². The highest BCUT2D eigenvalue weighted by Gasteiger charge is 2.38. The molecule has 0 saturated heterocycles. The predicted octanol–water partition coefficient (Wildman–Crippen LogP) is 1.09. The third kappa shape index (κ3) is 2.17. The van der Waals surface area contributed by atoms with E-state index in [-0.39, 0.29) is 30.6 Å². The van der Waals surface area contributed by atoms with Crippen molar-refractivity contribution in [1.82, 2.24) is 14.7 Å². The first-order chi connectivity index (χ1) is 11.2. The van der Waals surface area contributed by atoms with Crippen LogP contribution < -0.4 is 0 Å². The zero-order valence-electron chi connectivity index (χ0n) is 12.6. The SMILES string of the molecule is O=C1CC(C(=O)N2Cc3cnn(CCO)c3C2)c2ccccc21. The number of hydrogen-bond donors (Lipinski definition) is 1. The molecule has 2 heterocycles. The lowest BCUT2D eigenvalue weighted by Gasteiger charge is -2.20. The molecule has 1 aliphatic heterocycles. The van der Waals surface area contributed by atoms with E-state index in [9.17, 15) is 9.59 Å². The Balaban J connectivity index is 1.57. The maximum Gasteiger partial charge on any atom is 0.231 e. The molecule has 4 rings (SSSR count). The molecule has 2 aliphatic rings. The zero-order chi connectivity index (χ0) is 16.0. The summed E-state index contributed by atoms with van der Waals surface area (Å²) in [5, 5.41) is 13.3. The highest BCUT2D eigenvalue weighted by molar-refractivity contribution is 6.06. The molecule has 0 fully saturated rings. The van der Waals surface area contributed by atoms with Crippen molar-refractivity contribution in [3.8, 4) is 0 Å². The number of amides is 1. The molecule has 1 N–H and O–H groups in total. The molecule has 1 aliphatic carbocycles. The first-order valence-corrected chi connectivity index (χ1v) is 7.74. The van der Waals surface area contributed by atoms with Crippen LogP contribution in [0.5, 0.6) is 0 Å². The van der Waals surface area contributed by atoms with E-state index in [2.05, 4.69) is 5.10 Å². The van der Waals surface area contributed by atoms with Crippen LogP contribution in [0.25, 0.3) is 0 Å². The monoisotopic (exact) mass is 311 g/mol. The molecule has 6 nitrogen and oxygen atoms in total. The quantitative estimate of drug-likeness (QED) is 0.920. The van der Waals surface area contributed by atoms with Crippen molar-refractivity contribution in [2.45, 2.75) is 32.0 Å². The lowest BCUT2D eigenvalue weighted by molar-refractivity contribution is -0.133. The number of aliphatic hydroxyl groups is 1. The van der Waals surface area contributed by atoms with Gasteiger partial charge in [0.2, 0.25) is 5.91 Å². The minimum absolute atomic E-state index is 0.00458. The number of aliphatic hydroxyl groups excluding tert-OH is 1. The van der Waals surface area contributed by atoms with Gasteiger partial charge in [-0.3, -0.25) is 14.3 Å². The van der Waals surface area contributed by atoms with Crippen molar-refractivity contribution in [3.05, 3.63) is 52.8 Å². The van der Waals surface area contributed by atoms with Crippen molar-refractivity contribution in [3.63, 3.8) is 0 Å². The van der Waals surface area contributed by atoms with Crippen LogP contribution >= 0.6 is 0 Å². The first-order valence-electron chi connectivity index (χ1n) is 7.74. The fraction of sp³-hybridized carbons (Fsp3) is 0.353. The number of carbonyl (C=O) groups is 2. The summed E-state index contributed by atoms with van der Waals surface area (Å²) in [7, 11) is 0. The number of benzene rings is 1. The molecular formula is C17H17N3O3. The second-order valence-electron chi connectivity index (χ2n) is 6.02. The summed E-state index contributed by atoms with van der Waals surface area (Å²) in [5.74, 6) is -0.334. The van der Waals surface area contributed by atoms with E-state index in [1.807, 2.05) is 18.2 Å². The van der Waals surface area contributed by atoms with E-state index in [1.165, 1.54) is 0 Å². The van der Waals surface area contributed by atoms with Crippen LogP contribution in [0, 0.1) is 0 Å². The number of hydrogen-bond acceptors (Lipinski definition) is 4. The van der Waals surface area contributed by atoms with E-state index in [4.69, 9.17) is 5.11 Å². The Hall–Kier alpha value is -2.47. The van der Waals surface area contributed by atoms with Gasteiger partial charge in [-0.05, 0) is 5.56 Å². The van der Waals surface area contributed by atoms with E-state index in [1.54, 1.807) is 21.8 Å². The minimum Gasteiger partial charge on any atom is -0.394 e. The molecule has 2 aromatic rings. The van der Waals surface area contributed by atoms with Crippen molar-refractivity contribution in [2.75, 3.05) is 6.61 Å². The molecule has 6 heteroatoms. The molecule has 1 aromatic carbocycles. The normalized spacial score (nSPS) is 19.1. The van der Waals surface area contributed by atoms with Gasteiger partial charge in [0.1, 0.15) is 0 Å². The standard InChI is InChI=1S/C17H17N3O3/c21-6-5-20-15-10-19(9-11(15)8-18-20)17(23)14-7-16(22)13-4-2-1-3-12(13)14/h1-4,8,14,21H,5-7,9-10H2. The smallest absolute Gasteiger partial charge is 0.231 e. The van der Waals surface area contributed by atoms with E-state index < -0.39 is 0 Å². The molecule has 1 unspecified atom stereocenters. The largest absolute Gasteiger partial charge is 0.394 e. The number of ketones is 1. The fourth-order valence-electron chi connectivity index (χ4n) is 3.55. The number of Topliss-reactive ketones (excluding diaryl/α,β-unsaturated/α-hetero) is 1. The molecule has 0 bridgehead atoms. The average molecular weight is 311 g/mol. The van der Waals surface area contributed by atoms with E-state index in [0.717, 1.165) is 16.8 Å². The van der Waals surface area contributed by atoms with Crippen LogP contribution in [0.1, 0.15) is 39.5 Å². The Morgan fingerprint density at radius 2 is 2.13 bits per heavy atom. The topological polar surface area (TPSA) is 75.4 Å². The number of rotatable bonds is 3. The second kappa shape index (κ2) is 5.31. The second-order valence-corrected chi connectivity index (χ2v) is 6.02. The third-order valence-corrected chi connectivity index (χ3v) is 4.68. The van der Waals surface area contributed by atoms with Gasteiger partial charge >= 0.3 is 0 Å². The Kier molecular flexibility index (Phi) is 3.27. The fourth-order valence-corrected chi connectivity index (χ4v) is 3.55. The van der Waals surface area contributed by atoms with Crippen molar-refractivity contribution >= 4 is 11.7 Å². The summed E-state index contributed by atoms with van der Waals surface area (Å²) in [6.45, 7) is 1.46. The predicted molar refractivity (Wildman–Crippen MR) is 81.7 cm³/mol. The lowest BCUT2D eigenvalue weighted by Crippen LogP contribution is -2.30. The lowest BCUT2D eigenvalue weighted by atomic mass is 10.00. The number of fused-ring (bicyclic) bond motifs is 2. The molecule has 0 spiro atoms. The molecular weight excluding hydrogens is 294 g/mol. The van der Waals surface area contributed by atoms with E-state index in [0.29, 0.717) is 25.2 Å². The summed E-state index contributed by atoms with van der Waals surface area (Å²) in [4.78, 5) is 26.8. The molecule has 0 radical (unpaired) electrons. The van der Waals surface area contributed by atoms with Crippen LogP contribution in [0.3, 0.4) is 0 Å². The summed E-state index contributed by atoms with van der Waals surface area (Å²) in [5.41, 5.74) is 3.51. The Labute approximate surface area is 133 Å². The highest BCUT2D eigenvalue weighted by atomic mass is 16.3. The van der Waals surface area contributed by atoms with E-state index >= 15 is 0 Å². The van der Waals surface area contributed by atoms with Gasteiger partial charge in [0, 0.05) is 24.1 Å². The summed E-state index contributed by atoms with van der Waals surface area (Å²) in [6, 6.07) is 7.37. The Bertz CT molecular complexity index is 796. The van der Waals surface area contributed by atoms with Crippen molar-refractivity contribution in [1.29, 1.82) is 0 Å². The van der Waals surface area contributed by atoms with Gasteiger partial charge in [-0.25, -0.2) is 0 Å². The van der Waals surface area contributed by atoms with Gasteiger partial charge in [0.15, 0.2) is 5.78 Å². The molecule has 0 saturated carbocycles. The van der Waals surface area contributed by atoms with Crippen molar-refractivity contribution < 1.29 is 14.7 Å². The molecule has 1 atom stereocenters. The maximum atomic E-state index is 12.9. The Morgan fingerprint density at radius 3 is 2.96 bits per heavy atom. The first kappa shape index (κ1) is 14.1. The Morgan fingerprint density at radius 1 is 1.30 bits per heavy atom. The number of carbonyl (C=O) groups excluding carboxylic acids is 2. The highest BCUT2D eigenvalue weighted by Crippen LogP contribution is 2.36. The summed E-state index contributed by atoms with van der Waals surface area (Å²) in [6.07, 6.45) is 2.01. The summed E-state index contributed by atoms with van der Waals surface area (Å²) >= 11 is 0. The molecule has 1 aromatic heterocycles. The third-order valence-electron chi connectivity index (χ3n) is 4.68. The van der Waals surface area contributed by atoms with Crippen LogP contribution in [0.15, 0.2) is 30.5 Å². The van der Waals surface area contributed by atoms with Gasteiger partial charge < -0.3 is 10.0 Å². The van der Waals surface area contributed by atoms with Gasteiger partial charge in [-0.2, -0.15) is 5.10 Å². The molecule has 23 heavy (non-hydrogen) atoms. The average Bonchev–Trinajstić information content (AvgIpc) is 3.22. The van der Waals surface area contributed by atoms with Gasteiger partial charge in [0.25, 0.3) is 0 Å². The van der Waals surface area contributed by atoms with Crippen LogP contribution in [0.4, 0.5) is 0 Å². The van der Waals surface area contributed by atoms with Crippen LogP contribution in [0.2, 0.25) is 0 Å². The van der Waals surface area contributed by atoms with Gasteiger partial charge in [-0.15, -0.1) is 0 Å². The maximum absolute atomic E-state index is 12.9. The summed E-state index contributed by atoms with van der Waals surface area (Å²) < 4.78 is 1.75. The minimum atomic E-state index is -0.373. The van der Waals surface area contributed by atoms with Crippen molar-refractivity contribution in [2.24, 2.45) is 0 Å². The number of aromatic nitrogens is 2. The number of nitrogens with zero attached hydrogens (tertiary/aromatic N) is 3. The molecule has 1 amide bonds. The zero-order valence-corrected chi connectivity index (χ0v) is 12.6. The van der Waals surface area contributed by atoms with Gasteiger partial charge in [-0.1, -0.05) is 24.3 Å². The van der Waals surface area contributed by atoms with Gasteiger partial charge in [0.05, 0.1) is 37.5 Å². The molecule has 118 valence electrons. The van der Waals surface area contributed by atoms with Crippen LogP contribution in [-0.4, -0.2) is 38.1 Å².